The van der Waals surface area contributed by atoms with Gasteiger partial charge in [0.2, 0.25) is 11.8 Å². The van der Waals surface area contributed by atoms with E-state index < -0.39 is 6.09 Å². The van der Waals surface area contributed by atoms with Crippen molar-refractivity contribution in [3.05, 3.63) is 35.9 Å². The molecule has 0 aliphatic carbocycles. The van der Waals surface area contributed by atoms with Crippen LogP contribution in [0.5, 0.6) is 0 Å². The summed E-state index contributed by atoms with van der Waals surface area (Å²) in [7, 11) is 0. The number of carbonyl (C=O) groups is 3. The van der Waals surface area contributed by atoms with Gasteiger partial charge in [-0.1, -0.05) is 43.7 Å². The summed E-state index contributed by atoms with van der Waals surface area (Å²) >= 11 is 0. The molecule has 0 aromatic heterocycles. The number of nitrogens with zero attached hydrogens (tertiary/aromatic N) is 1. The summed E-state index contributed by atoms with van der Waals surface area (Å²) in [5.74, 6) is -0.510. The molecule has 1 unspecified atom stereocenters. The highest BCUT2D eigenvalue weighted by atomic mass is 16.5. The molecule has 1 atom stereocenters. The fraction of sp³-hybridized carbons (Fsp3) is 0.526. The molecular formula is C19H27N3O4. The molecule has 1 aromatic carbocycles. The zero-order valence-corrected chi connectivity index (χ0v) is 15.2. The van der Waals surface area contributed by atoms with Crippen molar-refractivity contribution in [2.45, 2.75) is 32.7 Å². The molecule has 1 aliphatic heterocycles. The maximum absolute atomic E-state index is 12.2. The van der Waals surface area contributed by atoms with Crippen LogP contribution in [0.15, 0.2) is 30.3 Å². The van der Waals surface area contributed by atoms with Gasteiger partial charge in [0.15, 0.2) is 0 Å². The van der Waals surface area contributed by atoms with E-state index in [9.17, 15) is 14.4 Å². The van der Waals surface area contributed by atoms with E-state index in [0.29, 0.717) is 32.8 Å². The first-order valence-electron chi connectivity index (χ1n) is 9.10. The molecular weight excluding hydrogens is 334 g/mol. The topological polar surface area (TPSA) is 87.7 Å². The number of carbonyl (C=O) groups excluding carboxylic acids is 3. The third-order valence-electron chi connectivity index (χ3n) is 4.23. The first-order valence-corrected chi connectivity index (χ1v) is 9.10. The van der Waals surface area contributed by atoms with Gasteiger partial charge in [-0.2, -0.15) is 0 Å². The number of rotatable bonds is 9. The van der Waals surface area contributed by atoms with Gasteiger partial charge in [0.25, 0.3) is 0 Å². The van der Waals surface area contributed by atoms with Gasteiger partial charge < -0.3 is 20.3 Å². The Bertz CT molecular complexity index is 606. The Balaban J connectivity index is 1.65. The van der Waals surface area contributed by atoms with Crippen molar-refractivity contribution >= 4 is 17.9 Å². The number of likely N-dealkylation sites (tertiary alicyclic amines) is 1. The number of alkyl carbamates (subject to hydrolysis) is 1. The van der Waals surface area contributed by atoms with Crippen LogP contribution in [-0.2, 0) is 20.9 Å². The van der Waals surface area contributed by atoms with Gasteiger partial charge in [0.05, 0.1) is 12.5 Å². The maximum Gasteiger partial charge on any atom is 0.407 e. The second-order valence-electron chi connectivity index (χ2n) is 6.37. The second kappa shape index (κ2) is 10.4. The summed E-state index contributed by atoms with van der Waals surface area (Å²) in [6, 6.07) is 9.72. The van der Waals surface area contributed by atoms with E-state index in [0.717, 1.165) is 18.4 Å². The number of benzene rings is 1. The van der Waals surface area contributed by atoms with Crippen LogP contribution in [0.1, 0.15) is 31.7 Å². The van der Waals surface area contributed by atoms with Gasteiger partial charge in [0.1, 0.15) is 0 Å². The standard InChI is InChI=1S/C19H27N3O4/c1-2-3-11-26-19(25)21-10-9-20-18(24)16-12-17(23)22(14-16)13-15-7-5-4-6-8-15/h4-8,16H,2-3,9-14H2,1H3,(H,20,24)(H,21,25). The molecule has 26 heavy (non-hydrogen) atoms. The molecule has 2 rings (SSSR count). The van der Waals surface area contributed by atoms with Gasteiger partial charge in [-0.05, 0) is 12.0 Å². The van der Waals surface area contributed by atoms with Crippen molar-refractivity contribution in [1.29, 1.82) is 0 Å². The SMILES string of the molecule is CCCCOC(=O)NCCNC(=O)C1CC(=O)N(Cc2ccccc2)C1. The molecule has 1 aliphatic rings. The molecule has 0 bridgehead atoms. The summed E-state index contributed by atoms with van der Waals surface area (Å²) in [6.07, 6.45) is 1.55. The van der Waals surface area contributed by atoms with Crippen LogP contribution in [0.4, 0.5) is 4.79 Å². The minimum absolute atomic E-state index is 0.00775. The molecule has 142 valence electrons. The average Bonchev–Trinajstić information content (AvgIpc) is 3.00. The Labute approximate surface area is 154 Å². The van der Waals surface area contributed by atoms with Crippen LogP contribution in [0.25, 0.3) is 0 Å². The van der Waals surface area contributed by atoms with Crippen molar-refractivity contribution in [1.82, 2.24) is 15.5 Å². The quantitative estimate of drug-likeness (QED) is 0.655. The smallest absolute Gasteiger partial charge is 0.407 e. The van der Waals surface area contributed by atoms with Crippen molar-refractivity contribution in [3.8, 4) is 0 Å². The van der Waals surface area contributed by atoms with E-state index in [-0.39, 0.29) is 24.2 Å². The summed E-state index contributed by atoms with van der Waals surface area (Å²) in [6.45, 7) is 3.97. The number of amides is 3. The van der Waals surface area contributed by atoms with Crippen LogP contribution >= 0.6 is 0 Å². The Morgan fingerprint density at radius 1 is 1.19 bits per heavy atom. The molecule has 7 heteroatoms. The number of hydrogen-bond donors (Lipinski definition) is 2. The van der Waals surface area contributed by atoms with Crippen LogP contribution in [0.2, 0.25) is 0 Å². The molecule has 0 spiro atoms. The summed E-state index contributed by atoms with van der Waals surface area (Å²) in [5, 5.41) is 5.35. The maximum atomic E-state index is 12.2. The minimum Gasteiger partial charge on any atom is -0.450 e. The largest absolute Gasteiger partial charge is 0.450 e. The third kappa shape index (κ3) is 6.38. The highest BCUT2D eigenvalue weighted by Crippen LogP contribution is 2.20. The molecule has 1 heterocycles. The van der Waals surface area contributed by atoms with Crippen LogP contribution in [0.3, 0.4) is 0 Å². The van der Waals surface area contributed by atoms with Gasteiger partial charge in [-0.25, -0.2) is 4.79 Å². The van der Waals surface area contributed by atoms with Crippen molar-refractivity contribution in [3.63, 3.8) is 0 Å². The monoisotopic (exact) mass is 361 g/mol. The van der Waals surface area contributed by atoms with Crippen molar-refractivity contribution in [2.75, 3.05) is 26.2 Å². The molecule has 7 nitrogen and oxygen atoms in total. The molecule has 3 amide bonds. The van der Waals surface area contributed by atoms with E-state index in [4.69, 9.17) is 4.74 Å². The van der Waals surface area contributed by atoms with E-state index in [1.165, 1.54) is 0 Å². The lowest BCUT2D eigenvalue weighted by molar-refractivity contribution is -0.129. The van der Waals surface area contributed by atoms with Gasteiger partial charge in [-0.3, -0.25) is 9.59 Å². The predicted molar refractivity (Wildman–Crippen MR) is 97.2 cm³/mol. The van der Waals surface area contributed by atoms with Crippen molar-refractivity contribution < 1.29 is 19.1 Å². The highest BCUT2D eigenvalue weighted by molar-refractivity contribution is 5.89. The van der Waals surface area contributed by atoms with E-state index in [1.54, 1.807) is 4.90 Å². The predicted octanol–water partition coefficient (Wildman–Crippen LogP) is 1.68. The number of unbranched alkanes of at least 4 members (excludes halogenated alkanes) is 1. The summed E-state index contributed by atoms with van der Waals surface area (Å²) in [5.41, 5.74) is 1.05. The summed E-state index contributed by atoms with van der Waals surface area (Å²) in [4.78, 5) is 37.4. The first kappa shape index (κ1) is 19.8. The molecule has 1 saturated heterocycles. The number of hydrogen-bond acceptors (Lipinski definition) is 4. The van der Waals surface area contributed by atoms with E-state index in [2.05, 4.69) is 10.6 Å². The molecule has 0 saturated carbocycles. The first-order chi connectivity index (χ1) is 12.6. The van der Waals surface area contributed by atoms with Crippen LogP contribution in [0, 0.1) is 5.92 Å². The van der Waals surface area contributed by atoms with Gasteiger partial charge >= 0.3 is 6.09 Å². The number of ether oxygens (including phenoxy) is 1. The van der Waals surface area contributed by atoms with Crippen molar-refractivity contribution in [2.24, 2.45) is 5.92 Å². The molecule has 2 N–H and O–H groups in total. The Morgan fingerprint density at radius 3 is 2.65 bits per heavy atom. The lowest BCUT2D eigenvalue weighted by Gasteiger charge is -2.16. The van der Waals surface area contributed by atoms with Crippen LogP contribution in [-0.4, -0.2) is 49.0 Å². The lowest BCUT2D eigenvalue weighted by Crippen LogP contribution is -2.38. The fourth-order valence-corrected chi connectivity index (χ4v) is 2.76. The molecule has 0 radical (unpaired) electrons. The van der Waals surface area contributed by atoms with E-state index >= 15 is 0 Å². The molecule has 1 aromatic rings. The van der Waals surface area contributed by atoms with Gasteiger partial charge in [0, 0.05) is 32.6 Å². The second-order valence-corrected chi connectivity index (χ2v) is 6.37. The Kier molecular flexibility index (Phi) is 7.92. The normalized spacial score (nSPS) is 16.4. The average molecular weight is 361 g/mol. The number of nitrogens with one attached hydrogen (secondary N) is 2. The minimum atomic E-state index is -0.474. The fourth-order valence-electron chi connectivity index (χ4n) is 2.76. The summed E-state index contributed by atoms with van der Waals surface area (Å²) < 4.78 is 4.96. The highest BCUT2D eigenvalue weighted by Gasteiger charge is 2.33. The van der Waals surface area contributed by atoms with Gasteiger partial charge in [-0.15, -0.1) is 0 Å². The van der Waals surface area contributed by atoms with Crippen LogP contribution < -0.4 is 10.6 Å². The Hall–Kier alpha value is -2.57. The lowest BCUT2D eigenvalue weighted by atomic mass is 10.1. The molecule has 1 fully saturated rings. The van der Waals surface area contributed by atoms with E-state index in [1.807, 2.05) is 37.3 Å². The zero-order chi connectivity index (χ0) is 18.8. The zero-order valence-electron chi connectivity index (χ0n) is 15.2. The third-order valence-corrected chi connectivity index (χ3v) is 4.23. The Morgan fingerprint density at radius 2 is 1.92 bits per heavy atom.